The van der Waals surface area contributed by atoms with Crippen molar-refractivity contribution in [2.24, 2.45) is 5.84 Å². The van der Waals surface area contributed by atoms with Gasteiger partial charge in [-0.3, -0.25) is 5.84 Å². The van der Waals surface area contributed by atoms with E-state index in [0.717, 1.165) is 11.1 Å². The number of hydrogen-bond donors (Lipinski definition) is 2. The Hall–Kier alpha value is -1.23. The number of halogens is 2. The Labute approximate surface area is 108 Å². The zero-order valence-electron chi connectivity index (χ0n) is 9.03. The molecule has 2 aromatic carbocycles. The minimum Gasteiger partial charge on any atom is -0.271 e. The van der Waals surface area contributed by atoms with E-state index in [4.69, 9.17) is 5.84 Å². The predicted molar refractivity (Wildman–Crippen MR) is 69.7 cm³/mol. The van der Waals surface area contributed by atoms with Crippen LogP contribution in [0.1, 0.15) is 17.2 Å². The molecule has 0 aliphatic rings. The number of nitrogens with one attached hydrogen (secondary N) is 1. The fourth-order valence-electron chi connectivity index (χ4n) is 1.77. The van der Waals surface area contributed by atoms with Crippen molar-refractivity contribution in [1.82, 2.24) is 5.43 Å². The topological polar surface area (TPSA) is 38.0 Å². The van der Waals surface area contributed by atoms with Crippen LogP contribution in [0.3, 0.4) is 0 Å². The molecule has 0 spiro atoms. The molecule has 0 aliphatic heterocycles. The van der Waals surface area contributed by atoms with Crippen LogP contribution in [-0.4, -0.2) is 0 Å². The van der Waals surface area contributed by atoms with Crippen LogP contribution in [0.2, 0.25) is 0 Å². The standard InChI is InChI=1S/C13H12BrFN2/c14-11-6-10(7-12(15)8-11)13(17-16)9-4-2-1-3-5-9/h1-8,13,17H,16H2. The van der Waals surface area contributed by atoms with Gasteiger partial charge in [0.15, 0.2) is 0 Å². The molecule has 0 saturated heterocycles. The van der Waals surface area contributed by atoms with Crippen LogP contribution >= 0.6 is 15.9 Å². The van der Waals surface area contributed by atoms with Crippen molar-refractivity contribution >= 4 is 15.9 Å². The molecule has 2 nitrogen and oxygen atoms in total. The molecule has 0 amide bonds. The summed E-state index contributed by atoms with van der Waals surface area (Å²) in [6.07, 6.45) is 0. The first-order chi connectivity index (χ1) is 8.20. The van der Waals surface area contributed by atoms with Gasteiger partial charge in [-0.05, 0) is 29.3 Å². The van der Waals surface area contributed by atoms with E-state index in [9.17, 15) is 4.39 Å². The van der Waals surface area contributed by atoms with Crippen molar-refractivity contribution in [1.29, 1.82) is 0 Å². The summed E-state index contributed by atoms with van der Waals surface area (Å²) in [5.74, 6) is 5.26. The van der Waals surface area contributed by atoms with Gasteiger partial charge in [-0.15, -0.1) is 0 Å². The predicted octanol–water partition coefficient (Wildman–Crippen LogP) is 3.14. The Kier molecular flexibility index (Phi) is 3.89. The molecule has 2 rings (SSSR count). The highest BCUT2D eigenvalue weighted by atomic mass is 79.9. The number of nitrogens with two attached hydrogens (primary N) is 1. The smallest absolute Gasteiger partial charge is 0.124 e. The molecule has 0 heterocycles. The highest BCUT2D eigenvalue weighted by Gasteiger charge is 2.13. The molecule has 3 N–H and O–H groups in total. The summed E-state index contributed by atoms with van der Waals surface area (Å²) in [6, 6.07) is 14.2. The molecule has 0 fully saturated rings. The van der Waals surface area contributed by atoms with Gasteiger partial charge in [-0.25, -0.2) is 9.82 Å². The van der Waals surface area contributed by atoms with E-state index in [1.165, 1.54) is 12.1 Å². The van der Waals surface area contributed by atoms with Gasteiger partial charge in [0.1, 0.15) is 5.82 Å². The van der Waals surface area contributed by atoms with Crippen LogP contribution in [-0.2, 0) is 0 Å². The Morgan fingerprint density at radius 2 is 1.76 bits per heavy atom. The molecule has 0 bridgehead atoms. The third kappa shape index (κ3) is 2.91. The van der Waals surface area contributed by atoms with Crippen molar-refractivity contribution in [2.45, 2.75) is 6.04 Å². The zero-order valence-corrected chi connectivity index (χ0v) is 10.6. The quantitative estimate of drug-likeness (QED) is 0.674. The Balaban J connectivity index is 2.42. The fourth-order valence-corrected chi connectivity index (χ4v) is 2.26. The van der Waals surface area contributed by atoms with Gasteiger partial charge in [0.25, 0.3) is 0 Å². The lowest BCUT2D eigenvalue weighted by molar-refractivity contribution is 0.604. The van der Waals surface area contributed by atoms with Crippen LogP contribution in [0, 0.1) is 5.82 Å². The van der Waals surface area contributed by atoms with Gasteiger partial charge >= 0.3 is 0 Å². The second-order valence-corrected chi connectivity index (χ2v) is 4.63. The van der Waals surface area contributed by atoms with Gasteiger partial charge in [0.05, 0.1) is 6.04 Å². The fraction of sp³-hybridized carbons (Fsp3) is 0.0769. The first kappa shape index (κ1) is 12.2. The first-order valence-corrected chi connectivity index (χ1v) is 5.97. The van der Waals surface area contributed by atoms with Gasteiger partial charge in [-0.1, -0.05) is 46.3 Å². The van der Waals surface area contributed by atoms with Crippen LogP contribution in [0.25, 0.3) is 0 Å². The van der Waals surface area contributed by atoms with Gasteiger partial charge in [-0.2, -0.15) is 0 Å². The maximum atomic E-state index is 13.3. The van der Waals surface area contributed by atoms with Crippen LogP contribution < -0.4 is 11.3 Å². The summed E-state index contributed by atoms with van der Waals surface area (Å²) >= 11 is 3.27. The van der Waals surface area contributed by atoms with Crippen molar-refractivity contribution in [3.05, 3.63) is 69.9 Å². The number of rotatable bonds is 3. The Morgan fingerprint density at radius 1 is 1.06 bits per heavy atom. The maximum Gasteiger partial charge on any atom is 0.124 e. The third-order valence-electron chi connectivity index (χ3n) is 2.52. The highest BCUT2D eigenvalue weighted by Crippen LogP contribution is 2.25. The Morgan fingerprint density at radius 3 is 2.35 bits per heavy atom. The molecule has 88 valence electrons. The molecule has 1 unspecified atom stereocenters. The third-order valence-corrected chi connectivity index (χ3v) is 2.98. The van der Waals surface area contributed by atoms with Crippen molar-refractivity contribution in [2.75, 3.05) is 0 Å². The molecule has 17 heavy (non-hydrogen) atoms. The molecule has 0 aromatic heterocycles. The summed E-state index contributed by atoms with van der Waals surface area (Å²) in [6.45, 7) is 0. The molecule has 0 aliphatic carbocycles. The van der Waals surface area contributed by atoms with Crippen molar-refractivity contribution in [3.63, 3.8) is 0 Å². The van der Waals surface area contributed by atoms with Gasteiger partial charge < -0.3 is 0 Å². The van der Waals surface area contributed by atoms with E-state index in [1.54, 1.807) is 0 Å². The second-order valence-electron chi connectivity index (χ2n) is 3.71. The zero-order chi connectivity index (χ0) is 12.3. The second kappa shape index (κ2) is 5.40. The van der Waals surface area contributed by atoms with E-state index in [0.29, 0.717) is 4.47 Å². The number of benzene rings is 2. The highest BCUT2D eigenvalue weighted by molar-refractivity contribution is 9.10. The molecular weight excluding hydrogens is 283 g/mol. The summed E-state index contributed by atoms with van der Waals surface area (Å²) in [5.41, 5.74) is 4.48. The van der Waals surface area contributed by atoms with E-state index in [1.807, 2.05) is 36.4 Å². The van der Waals surface area contributed by atoms with Crippen LogP contribution in [0.5, 0.6) is 0 Å². The summed E-state index contributed by atoms with van der Waals surface area (Å²) in [5, 5.41) is 0. The molecule has 4 heteroatoms. The SMILES string of the molecule is NNC(c1ccccc1)c1cc(F)cc(Br)c1. The van der Waals surface area contributed by atoms with Gasteiger partial charge in [0.2, 0.25) is 0 Å². The van der Waals surface area contributed by atoms with Crippen molar-refractivity contribution in [3.8, 4) is 0 Å². The number of hydrogen-bond acceptors (Lipinski definition) is 2. The molecule has 2 aromatic rings. The van der Waals surface area contributed by atoms with Crippen LogP contribution in [0.4, 0.5) is 4.39 Å². The van der Waals surface area contributed by atoms with Crippen LogP contribution in [0.15, 0.2) is 53.0 Å². The minimum atomic E-state index is -0.287. The Bertz CT molecular complexity index is 482. The molecule has 0 saturated carbocycles. The van der Waals surface area contributed by atoms with E-state index in [2.05, 4.69) is 21.4 Å². The lowest BCUT2D eigenvalue weighted by Gasteiger charge is -2.17. The minimum absolute atomic E-state index is 0.219. The largest absolute Gasteiger partial charge is 0.271 e. The van der Waals surface area contributed by atoms with E-state index < -0.39 is 0 Å². The monoisotopic (exact) mass is 294 g/mol. The van der Waals surface area contributed by atoms with Crippen molar-refractivity contribution < 1.29 is 4.39 Å². The van der Waals surface area contributed by atoms with E-state index in [-0.39, 0.29) is 11.9 Å². The first-order valence-electron chi connectivity index (χ1n) is 5.18. The normalized spacial score (nSPS) is 12.4. The molecule has 1 atom stereocenters. The van der Waals surface area contributed by atoms with Gasteiger partial charge in [0, 0.05) is 4.47 Å². The number of hydrazine groups is 1. The van der Waals surface area contributed by atoms with E-state index >= 15 is 0 Å². The molecular formula is C13H12BrFN2. The lowest BCUT2D eigenvalue weighted by atomic mass is 9.99. The average Bonchev–Trinajstić information content (AvgIpc) is 2.30. The maximum absolute atomic E-state index is 13.3. The average molecular weight is 295 g/mol. The summed E-state index contributed by atoms with van der Waals surface area (Å²) in [4.78, 5) is 0. The summed E-state index contributed by atoms with van der Waals surface area (Å²) < 4.78 is 14.0. The molecule has 0 radical (unpaired) electrons. The summed E-state index contributed by atoms with van der Waals surface area (Å²) in [7, 11) is 0. The lowest BCUT2D eigenvalue weighted by Crippen LogP contribution is -2.28.